The summed E-state index contributed by atoms with van der Waals surface area (Å²) in [5.74, 6) is 0. The van der Waals surface area contributed by atoms with Gasteiger partial charge in [0.05, 0.1) is 13.2 Å². The van der Waals surface area contributed by atoms with Crippen LogP contribution in [-0.4, -0.2) is 28.4 Å². The molecule has 3 heteroatoms. The summed E-state index contributed by atoms with van der Waals surface area (Å²) in [5, 5.41) is 15.2. The Labute approximate surface area is 73.0 Å². The van der Waals surface area contributed by atoms with Gasteiger partial charge in [0.15, 0.2) is 0 Å². The molecule has 2 N–H and O–H groups in total. The van der Waals surface area contributed by atoms with Crippen LogP contribution in [0.3, 0.4) is 0 Å². The SMILES string of the molecule is C=C.OCCO.c1ccncc1. The lowest BCUT2D eigenvalue weighted by molar-refractivity contribution is 0.186. The minimum absolute atomic E-state index is 0.125. The smallest absolute Gasteiger partial charge is 0.0662 e. The van der Waals surface area contributed by atoms with Crippen molar-refractivity contribution in [2.75, 3.05) is 13.2 Å². The Hall–Kier alpha value is -1.19. The van der Waals surface area contributed by atoms with Crippen molar-refractivity contribution in [3.05, 3.63) is 43.8 Å². The lowest BCUT2D eigenvalue weighted by Gasteiger charge is -1.70. The van der Waals surface area contributed by atoms with E-state index in [9.17, 15) is 0 Å². The van der Waals surface area contributed by atoms with Crippen LogP contribution in [0.5, 0.6) is 0 Å². The molecule has 0 fully saturated rings. The van der Waals surface area contributed by atoms with Crippen LogP contribution in [0.15, 0.2) is 43.8 Å². The van der Waals surface area contributed by atoms with Crippen LogP contribution in [0.25, 0.3) is 0 Å². The van der Waals surface area contributed by atoms with E-state index in [1.165, 1.54) is 0 Å². The monoisotopic (exact) mass is 169 g/mol. The van der Waals surface area contributed by atoms with Crippen molar-refractivity contribution in [2.45, 2.75) is 0 Å². The minimum Gasteiger partial charge on any atom is -0.394 e. The molecule has 0 atom stereocenters. The van der Waals surface area contributed by atoms with Gasteiger partial charge in [-0.2, -0.15) is 0 Å². The molecule has 0 aliphatic carbocycles. The molecular weight excluding hydrogens is 154 g/mol. The van der Waals surface area contributed by atoms with Crippen LogP contribution in [0.1, 0.15) is 0 Å². The van der Waals surface area contributed by atoms with Crippen molar-refractivity contribution in [1.29, 1.82) is 0 Å². The summed E-state index contributed by atoms with van der Waals surface area (Å²) in [6.45, 7) is 5.75. The second kappa shape index (κ2) is 16.4. The van der Waals surface area contributed by atoms with Gasteiger partial charge in [0, 0.05) is 12.4 Å². The number of aromatic nitrogens is 1. The minimum atomic E-state index is -0.125. The summed E-state index contributed by atoms with van der Waals surface area (Å²) in [5.41, 5.74) is 0. The van der Waals surface area contributed by atoms with Gasteiger partial charge in [-0.05, 0) is 12.1 Å². The summed E-state index contributed by atoms with van der Waals surface area (Å²) in [4.78, 5) is 3.78. The molecule has 1 heterocycles. The Morgan fingerprint density at radius 2 is 1.33 bits per heavy atom. The first-order chi connectivity index (χ1) is 5.91. The van der Waals surface area contributed by atoms with E-state index in [0.717, 1.165) is 0 Å². The zero-order valence-electron chi connectivity index (χ0n) is 7.06. The Morgan fingerprint density at radius 1 is 0.917 bits per heavy atom. The second-order valence-corrected chi connectivity index (χ2v) is 1.47. The number of rotatable bonds is 1. The first-order valence-corrected chi connectivity index (χ1v) is 3.48. The Bertz CT molecular complexity index is 116. The lowest BCUT2D eigenvalue weighted by atomic mass is 10.5. The van der Waals surface area contributed by atoms with Crippen molar-refractivity contribution < 1.29 is 10.2 Å². The van der Waals surface area contributed by atoms with E-state index in [-0.39, 0.29) is 13.2 Å². The number of aliphatic hydroxyl groups is 2. The number of aliphatic hydroxyl groups excluding tert-OH is 2. The quantitative estimate of drug-likeness (QED) is 0.613. The third-order valence-electron chi connectivity index (χ3n) is 0.666. The molecule has 0 unspecified atom stereocenters. The van der Waals surface area contributed by atoms with Crippen LogP contribution >= 0.6 is 0 Å². The van der Waals surface area contributed by atoms with Gasteiger partial charge >= 0.3 is 0 Å². The van der Waals surface area contributed by atoms with Crippen LogP contribution in [0, 0.1) is 0 Å². The molecule has 1 aromatic rings. The van der Waals surface area contributed by atoms with Gasteiger partial charge in [0.1, 0.15) is 0 Å². The molecule has 3 nitrogen and oxygen atoms in total. The van der Waals surface area contributed by atoms with Crippen molar-refractivity contribution >= 4 is 0 Å². The highest BCUT2D eigenvalue weighted by Crippen LogP contribution is 1.73. The van der Waals surface area contributed by atoms with Crippen LogP contribution in [0.4, 0.5) is 0 Å². The summed E-state index contributed by atoms with van der Waals surface area (Å²) in [7, 11) is 0. The number of hydrogen-bond acceptors (Lipinski definition) is 3. The largest absolute Gasteiger partial charge is 0.394 e. The molecule has 0 amide bonds. The average molecular weight is 169 g/mol. The predicted octanol–water partition coefficient (Wildman–Crippen LogP) is 0.855. The predicted molar refractivity (Wildman–Crippen MR) is 49.7 cm³/mol. The average Bonchev–Trinajstić information content (AvgIpc) is 2.24. The van der Waals surface area contributed by atoms with Crippen LogP contribution in [-0.2, 0) is 0 Å². The molecule has 0 saturated heterocycles. The van der Waals surface area contributed by atoms with E-state index in [1.54, 1.807) is 12.4 Å². The third-order valence-corrected chi connectivity index (χ3v) is 0.666. The van der Waals surface area contributed by atoms with Gasteiger partial charge in [-0.1, -0.05) is 6.07 Å². The Morgan fingerprint density at radius 3 is 1.42 bits per heavy atom. The number of pyridine rings is 1. The Balaban J connectivity index is 0. The zero-order valence-corrected chi connectivity index (χ0v) is 7.06. The molecular formula is C9H15NO2. The van der Waals surface area contributed by atoms with Gasteiger partial charge < -0.3 is 10.2 Å². The normalized spacial score (nSPS) is 6.83. The fourth-order valence-electron chi connectivity index (χ4n) is 0.313. The van der Waals surface area contributed by atoms with E-state index in [2.05, 4.69) is 18.1 Å². The molecule has 0 spiro atoms. The summed E-state index contributed by atoms with van der Waals surface area (Å²) in [6.07, 6.45) is 3.50. The summed E-state index contributed by atoms with van der Waals surface area (Å²) < 4.78 is 0. The van der Waals surface area contributed by atoms with E-state index < -0.39 is 0 Å². The van der Waals surface area contributed by atoms with Crippen molar-refractivity contribution in [3.8, 4) is 0 Å². The topological polar surface area (TPSA) is 53.4 Å². The molecule has 0 aromatic carbocycles. The summed E-state index contributed by atoms with van der Waals surface area (Å²) >= 11 is 0. The van der Waals surface area contributed by atoms with Gasteiger partial charge in [-0.15, -0.1) is 13.2 Å². The van der Waals surface area contributed by atoms with Gasteiger partial charge in [-0.3, -0.25) is 4.98 Å². The second-order valence-electron chi connectivity index (χ2n) is 1.47. The van der Waals surface area contributed by atoms with E-state index >= 15 is 0 Å². The van der Waals surface area contributed by atoms with Crippen LogP contribution in [0.2, 0.25) is 0 Å². The van der Waals surface area contributed by atoms with E-state index in [0.29, 0.717) is 0 Å². The fraction of sp³-hybridized carbons (Fsp3) is 0.222. The van der Waals surface area contributed by atoms with Crippen molar-refractivity contribution in [3.63, 3.8) is 0 Å². The molecule has 1 rings (SSSR count). The van der Waals surface area contributed by atoms with Crippen molar-refractivity contribution in [1.82, 2.24) is 4.98 Å². The molecule has 0 aliphatic heterocycles. The van der Waals surface area contributed by atoms with Gasteiger partial charge in [0.25, 0.3) is 0 Å². The van der Waals surface area contributed by atoms with Gasteiger partial charge in [-0.25, -0.2) is 0 Å². The maximum Gasteiger partial charge on any atom is 0.0662 e. The maximum absolute atomic E-state index is 7.62. The zero-order chi connectivity index (χ0) is 9.66. The van der Waals surface area contributed by atoms with Gasteiger partial charge in [0.2, 0.25) is 0 Å². The standard InChI is InChI=1S/C5H5N.C2H6O2.C2H4/c1-2-4-6-5-3-1;3-1-2-4;1-2/h1-5H;3-4H,1-2H2;1-2H2. The van der Waals surface area contributed by atoms with Crippen molar-refractivity contribution in [2.24, 2.45) is 0 Å². The molecule has 68 valence electrons. The molecule has 0 radical (unpaired) electrons. The molecule has 0 saturated carbocycles. The maximum atomic E-state index is 7.62. The lowest BCUT2D eigenvalue weighted by Crippen LogP contribution is -1.85. The molecule has 1 aromatic heterocycles. The molecule has 12 heavy (non-hydrogen) atoms. The third kappa shape index (κ3) is 15.9. The highest BCUT2D eigenvalue weighted by molar-refractivity contribution is 4.88. The first kappa shape index (κ1) is 13.4. The van der Waals surface area contributed by atoms with E-state index in [4.69, 9.17) is 10.2 Å². The number of hydrogen-bond donors (Lipinski definition) is 2. The van der Waals surface area contributed by atoms with E-state index in [1.807, 2.05) is 18.2 Å². The molecule has 0 aliphatic rings. The first-order valence-electron chi connectivity index (χ1n) is 3.48. The number of nitrogens with zero attached hydrogens (tertiary/aromatic N) is 1. The molecule has 0 bridgehead atoms. The summed E-state index contributed by atoms with van der Waals surface area (Å²) in [6, 6.07) is 5.72. The Kier molecular flexibility index (Phi) is 18.3. The highest BCUT2D eigenvalue weighted by atomic mass is 16.3. The fourth-order valence-corrected chi connectivity index (χ4v) is 0.313. The van der Waals surface area contributed by atoms with Crippen LogP contribution < -0.4 is 0 Å². The highest BCUT2D eigenvalue weighted by Gasteiger charge is 1.58.